The average molecular weight is 864 g/mol. The van der Waals surface area contributed by atoms with Gasteiger partial charge in [-0.1, -0.05) is 114 Å². The van der Waals surface area contributed by atoms with Crippen molar-refractivity contribution >= 4 is 19.8 Å². The number of quaternary nitrogens is 1. The SMILES string of the molecule is CCCCC/C=C\C/C=C\CC(O)/C=C\C=C\CCCC(=O)O[C@H](COC(=O)CCCCCCCCCCc1oc(CCC)c(C)c1C)COP(=O)([O-])OCC[N+](C)(C)C. The van der Waals surface area contributed by atoms with Crippen molar-refractivity contribution < 1.29 is 51.6 Å². The topological polar surface area (TPSA) is 145 Å². The Hall–Kier alpha value is -2.79. The quantitative estimate of drug-likeness (QED) is 0.0171. The molecule has 0 radical (unpaired) electrons. The molecule has 0 saturated carbocycles. The smallest absolute Gasteiger partial charge is 0.306 e. The molecule has 1 N–H and O–H groups in total. The number of rotatable bonds is 37. The Kier molecular flexibility index (Phi) is 31.1. The number of unbranched alkanes of at least 4 members (excludes halogenated alkanes) is 11. The number of likely N-dealkylation sites (N-methyl/N-ethyl adjacent to an activating group) is 1. The van der Waals surface area contributed by atoms with E-state index < -0.39 is 38.6 Å². The molecule has 1 rings (SSSR count). The first kappa shape index (κ1) is 55.2. The van der Waals surface area contributed by atoms with Crippen LogP contribution in [0.25, 0.3) is 0 Å². The van der Waals surface area contributed by atoms with E-state index in [1.807, 2.05) is 39.4 Å². The molecule has 0 bridgehead atoms. The highest BCUT2D eigenvalue weighted by molar-refractivity contribution is 7.45. The number of aliphatic hydroxyl groups is 1. The molecule has 3 atom stereocenters. The van der Waals surface area contributed by atoms with Crippen LogP contribution in [-0.2, 0) is 45.5 Å². The standard InChI is InChI=1S/C48H82NO10P/c1-8-10-11-12-13-14-17-21-26-32-43(50)33-27-22-20-25-30-36-48(52)58-44(40-57-60(53,54)56-38-37-49(5,6)7)39-55-47(51)35-29-24-19-16-15-18-23-28-34-46-42(4)41(3)45(59-46)31-9-2/h13-14,20-22,26-27,33,43-44,50H,8-12,15-19,23-25,28-32,34-40H2,1-7H3/b14-13-,22-20+,26-21-,33-27-/t43?,44-/m1/s1. The first-order chi connectivity index (χ1) is 28.7. The lowest BCUT2D eigenvalue weighted by atomic mass is 10.0. The second kappa shape index (κ2) is 33.8. The van der Waals surface area contributed by atoms with E-state index in [0.717, 1.165) is 75.7 Å². The minimum absolute atomic E-state index is 0.0648. The van der Waals surface area contributed by atoms with Crippen molar-refractivity contribution in [3.63, 3.8) is 0 Å². The zero-order chi connectivity index (χ0) is 44.5. The van der Waals surface area contributed by atoms with Gasteiger partial charge >= 0.3 is 11.9 Å². The molecular formula is C48H82NO10P. The lowest BCUT2D eigenvalue weighted by molar-refractivity contribution is -0.870. The third-order valence-electron chi connectivity index (χ3n) is 10.1. The molecular weight excluding hydrogens is 781 g/mol. The molecule has 0 aliphatic carbocycles. The van der Waals surface area contributed by atoms with Gasteiger partial charge < -0.3 is 37.4 Å². The summed E-state index contributed by atoms with van der Waals surface area (Å²) >= 11 is 0. The molecule has 0 aliphatic heterocycles. The van der Waals surface area contributed by atoms with Crippen LogP contribution >= 0.6 is 7.82 Å². The number of phosphoric ester groups is 1. The summed E-state index contributed by atoms with van der Waals surface area (Å²) in [5, 5.41) is 10.2. The van der Waals surface area contributed by atoms with E-state index in [1.165, 1.54) is 43.2 Å². The minimum Gasteiger partial charge on any atom is -0.756 e. The molecule has 11 nitrogen and oxygen atoms in total. The molecule has 1 heterocycles. The number of carbonyl (C=O) groups is 2. The number of nitrogens with zero attached hydrogens (tertiary/aromatic N) is 1. The van der Waals surface area contributed by atoms with Gasteiger partial charge in [0.15, 0.2) is 6.10 Å². The first-order valence-electron chi connectivity index (χ1n) is 22.8. The van der Waals surface area contributed by atoms with Gasteiger partial charge in [0.05, 0.1) is 33.9 Å². The Balaban J connectivity index is 2.41. The van der Waals surface area contributed by atoms with Crippen molar-refractivity contribution in [1.29, 1.82) is 0 Å². The number of aliphatic hydroxyl groups excluding tert-OH is 1. The number of hydrogen-bond acceptors (Lipinski definition) is 10. The van der Waals surface area contributed by atoms with Crippen LogP contribution in [0.4, 0.5) is 0 Å². The Labute approximate surface area is 363 Å². The van der Waals surface area contributed by atoms with Crippen molar-refractivity contribution in [2.75, 3.05) is 47.5 Å². The number of esters is 2. The highest BCUT2D eigenvalue weighted by Gasteiger charge is 2.22. The maximum atomic E-state index is 12.7. The Morgan fingerprint density at radius 3 is 2.05 bits per heavy atom. The predicted octanol–water partition coefficient (Wildman–Crippen LogP) is 10.7. The van der Waals surface area contributed by atoms with Gasteiger partial charge in [0.2, 0.25) is 0 Å². The van der Waals surface area contributed by atoms with Gasteiger partial charge in [-0.3, -0.25) is 14.2 Å². The number of carbonyl (C=O) groups excluding carboxylic acids is 2. The molecule has 0 aromatic carbocycles. The van der Waals surface area contributed by atoms with Crippen LogP contribution in [0.2, 0.25) is 0 Å². The van der Waals surface area contributed by atoms with Crippen LogP contribution in [0, 0.1) is 13.8 Å². The van der Waals surface area contributed by atoms with Crippen LogP contribution in [-0.4, -0.2) is 81.2 Å². The normalized spacial score (nSPS) is 14.5. The average Bonchev–Trinajstić information content (AvgIpc) is 3.45. The summed E-state index contributed by atoms with van der Waals surface area (Å²) in [6.45, 7) is 8.23. The Bertz CT molecular complexity index is 1460. The summed E-state index contributed by atoms with van der Waals surface area (Å²) in [4.78, 5) is 37.7. The number of phosphoric acid groups is 1. The van der Waals surface area contributed by atoms with Crippen LogP contribution in [0.5, 0.6) is 0 Å². The maximum Gasteiger partial charge on any atom is 0.306 e. The highest BCUT2D eigenvalue weighted by Crippen LogP contribution is 2.38. The van der Waals surface area contributed by atoms with E-state index in [1.54, 1.807) is 12.2 Å². The molecule has 0 aliphatic rings. The van der Waals surface area contributed by atoms with Crippen LogP contribution in [0.3, 0.4) is 0 Å². The Morgan fingerprint density at radius 2 is 1.37 bits per heavy atom. The van der Waals surface area contributed by atoms with Crippen molar-refractivity contribution in [2.24, 2.45) is 0 Å². The summed E-state index contributed by atoms with van der Waals surface area (Å²) in [6.07, 6.45) is 33.0. The van der Waals surface area contributed by atoms with E-state index in [0.29, 0.717) is 36.7 Å². The van der Waals surface area contributed by atoms with E-state index in [4.69, 9.17) is 22.9 Å². The van der Waals surface area contributed by atoms with Gasteiger partial charge in [-0.25, -0.2) is 0 Å². The number of ether oxygens (including phenoxy) is 2. The second-order valence-corrected chi connectivity index (χ2v) is 18.3. The molecule has 0 amide bonds. The van der Waals surface area contributed by atoms with E-state index >= 15 is 0 Å². The fourth-order valence-electron chi connectivity index (χ4n) is 6.24. The van der Waals surface area contributed by atoms with Gasteiger partial charge in [-0.15, -0.1) is 0 Å². The summed E-state index contributed by atoms with van der Waals surface area (Å²) < 4.78 is 39.9. The number of allylic oxidation sites excluding steroid dienone is 6. The number of hydrogen-bond donors (Lipinski definition) is 1. The largest absolute Gasteiger partial charge is 0.756 e. The molecule has 1 aromatic heterocycles. The van der Waals surface area contributed by atoms with Crippen molar-refractivity contribution in [3.05, 3.63) is 71.3 Å². The summed E-state index contributed by atoms with van der Waals surface area (Å²) in [5.74, 6) is 1.29. The second-order valence-electron chi connectivity index (χ2n) is 16.8. The summed E-state index contributed by atoms with van der Waals surface area (Å²) in [7, 11) is 1.05. The van der Waals surface area contributed by atoms with Crippen LogP contribution in [0.15, 0.2) is 53.0 Å². The summed E-state index contributed by atoms with van der Waals surface area (Å²) in [6, 6.07) is 0. The van der Waals surface area contributed by atoms with E-state index in [-0.39, 0.29) is 26.1 Å². The van der Waals surface area contributed by atoms with Crippen LogP contribution < -0.4 is 4.89 Å². The zero-order valence-electron chi connectivity index (χ0n) is 38.5. The molecule has 0 spiro atoms. The zero-order valence-corrected chi connectivity index (χ0v) is 39.4. The first-order valence-corrected chi connectivity index (χ1v) is 24.3. The van der Waals surface area contributed by atoms with Gasteiger partial charge in [-0.05, 0) is 82.8 Å². The lowest BCUT2D eigenvalue weighted by Crippen LogP contribution is -2.37. The lowest BCUT2D eigenvalue weighted by Gasteiger charge is -2.28. The third kappa shape index (κ3) is 30.3. The van der Waals surface area contributed by atoms with Crippen molar-refractivity contribution in [2.45, 2.75) is 175 Å². The van der Waals surface area contributed by atoms with Crippen LogP contribution in [0.1, 0.15) is 158 Å². The fourth-order valence-corrected chi connectivity index (χ4v) is 6.97. The molecule has 0 fully saturated rings. The van der Waals surface area contributed by atoms with E-state index in [2.05, 4.69) is 45.9 Å². The molecule has 12 heteroatoms. The molecule has 1 aromatic rings. The predicted molar refractivity (Wildman–Crippen MR) is 240 cm³/mol. The number of aryl methyl sites for hydroxylation is 2. The molecule has 344 valence electrons. The Morgan fingerprint density at radius 1 is 0.733 bits per heavy atom. The monoisotopic (exact) mass is 864 g/mol. The van der Waals surface area contributed by atoms with Crippen molar-refractivity contribution in [3.8, 4) is 0 Å². The van der Waals surface area contributed by atoms with E-state index in [9.17, 15) is 24.2 Å². The third-order valence-corrected chi connectivity index (χ3v) is 11.1. The minimum atomic E-state index is -4.68. The van der Waals surface area contributed by atoms with Gasteiger partial charge in [0.1, 0.15) is 31.3 Å². The van der Waals surface area contributed by atoms with Gasteiger partial charge in [0.25, 0.3) is 7.82 Å². The fraction of sp³-hybridized carbons (Fsp3) is 0.708. The molecule has 0 saturated heterocycles. The molecule has 60 heavy (non-hydrogen) atoms. The van der Waals surface area contributed by atoms with Gasteiger partial charge in [-0.2, -0.15) is 0 Å². The van der Waals surface area contributed by atoms with Gasteiger partial charge in [0, 0.05) is 25.7 Å². The summed E-state index contributed by atoms with van der Waals surface area (Å²) in [5.41, 5.74) is 2.61. The highest BCUT2D eigenvalue weighted by atomic mass is 31.2. The maximum absolute atomic E-state index is 12.7. The molecule has 2 unspecified atom stereocenters. The number of furan rings is 1. The van der Waals surface area contributed by atoms with Crippen molar-refractivity contribution in [1.82, 2.24) is 0 Å².